The monoisotopic (exact) mass is 393 g/mol. The maximum atomic E-state index is 2.35. The van der Waals surface area contributed by atoms with Crippen LogP contribution in [0.1, 0.15) is 18.9 Å². The van der Waals surface area contributed by atoms with E-state index in [4.69, 9.17) is 0 Å². The van der Waals surface area contributed by atoms with Gasteiger partial charge in [-0.3, -0.25) is 0 Å². The molecule has 0 aromatic heterocycles. The van der Waals surface area contributed by atoms with Crippen LogP contribution in [-0.2, 0) is 32.6 Å². The summed E-state index contributed by atoms with van der Waals surface area (Å²) in [6.07, 6.45) is 2.37. The Labute approximate surface area is 158 Å². The minimum absolute atomic E-state index is 0. The van der Waals surface area contributed by atoms with Crippen LogP contribution in [0.3, 0.4) is 0 Å². The number of halogens is 2. The van der Waals surface area contributed by atoms with Gasteiger partial charge in [0.2, 0.25) is 0 Å². The number of rotatable bonds is 3. The molecule has 0 atom stereocenters. The predicted molar refractivity (Wildman–Crippen MR) is 79.0 cm³/mol. The van der Waals surface area contributed by atoms with Gasteiger partial charge in [0.1, 0.15) is 0 Å². The summed E-state index contributed by atoms with van der Waals surface area (Å²) < 4.78 is 0. The van der Waals surface area contributed by atoms with Crippen LogP contribution < -0.4 is 24.8 Å². The molecule has 0 heterocycles. The van der Waals surface area contributed by atoms with E-state index in [9.17, 15) is 0 Å². The maximum absolute atomic E-state index is 2.35. The van der Waals surface area contributed by atoms with E-state index in [2.05, 4.69) is 67.6 Å². The average Bonchev–Trinajstić information content (AvgIpc) is 2.82. The first-order valence-electron chi connectivity index (χ1n) is 6.62. The zero-order chi connectivity index (χ0) is 12.4. The molecule has 0 amide bonds. The Balaban J connectivity index is 0.00000133. The SMILES string of the molecule is CCCc1cc2c(-c3ccccc3)cccc2[cH-]1.[Cl-].[Cl-].[Zr+3]. The van der Waals surface area contributed by atoms with Gasteiger partial charge in [-0.15, -0.1) is 34.5 Å². The van der Waals surface area contributed by atoms with Gasteiger partial charge in [0.25, 0.3) is 0 Å². The molecule has 3 heteroatoms. The third-order valence-electron chi connectivity index (χ3n) is 3.43. The van der Waals surface area contributed by atoms with Gasteiger partial charge in [-0.2, -0.15) is 6.07 Å². The molecule has 0 fully saturated rings. The van der Waals surface area contributed by atoms with Crippen molar-refractivity contribution < 1.29 is 51.0 Å². The minimum Gasteiger partial charge on any atom is -1.00 e. The molecule has 3 aromatic carbocycles. The van der Waals surface area contributed by atoms with Crippen molar-refractivity contribution in [3.63, 3.8) is 0 Å². The van der Waals surface area contributed by atoms with Crippen LogP contribution in [0.2, 0.25) is 0 Å². The van der Waals surface area contributed by atoms with E-state index in [1.807, 2.05) is 0 Å². The molecule has 0 bridgehead atoms. The fourth-order valence-corrected chi connectivity index (χ4v) is 2.60. The summed E-state index contributed by atoms with van der Waals surface area (Å²) in [5.74, 6) is 0. The topological polar surface area (TPSA) is 0 Å². The van der Waals surface area contributed by atoms with Crippen molar-refractivity contribution in [1.29, 1.82) is 0 Å². The van der Waals surface area contributed by atoms with Gasteiger partial charge < -0.3 is 24.8 Å². The first kappa shape index (κ1) is 20.5. The van der Waals surface area contributed by atoms with Gasteiger partial charge >= 0.3 is 26.2 Å². The van der Waals surface area contributed by atoms with Gasteiger partial charge in [0, 0.05) is 0 Å². The molecule has 3 rings (SSSR count). The van der Waals surface area contributed by atoms with E-state index in [1.54, 1.807) is 0 Å². The maximum Gasteiger partial charge on any atom is 3.00 e. The summed E-state index contributed by atoms with van der Waals surface area (Å²) in [5.41, 5.74) is 4.10. The molecule has 0 saturated carbocycles. The Morgan fingerprint density at radius 3 is 2.29 bits per heavy atom. The summed E-state index contributed by atoms with van der Waals surface area (Å²) in [5, 5.41) is 2.74. The molecule has 3 aromatic rings. The Bertz CT molecular complexity index is 659. The minimum atomic E-state index is 0. The third-order valence-corrected chi connectivity index (χ3v) is 3.43. The van der Waals surface area contributed by atoms with Crippen molar-refractivity contribution in [2.45, 2.75) is 19.8 Å². The van der Waals surface area contributed by atoms with Crippen LogP contribution in [0.4, 0.5) is 0 Å². The second kappa shape index (κ2) is 9.51. The summed E-state index contributed by atoms with van der Waals surface area (Å²) >= 11 is 0. The Hall–Kier alpha value is -0.487. The van der Waals surface area contributed by atoms with Crippen LogP contribution in [0.25, 0.3) is 21.9 Å². The van der Waals surface area contributed by atoms with E-state index in [-0.39, 0.29) is 51.0 Å². The van der Waals surface area contributed by atoms with E-state index >= 15 is 0 Å². The van der Waals surface area contributed by atoms with Gasteiger partial charge in [-0.1, -0.05) is 55.3 Å². The van der Waals surface area contributed by atoms with Crippen molar-refractivity contribution in [2.75, 3.05) is 0 Å². The number of fused-ring (bicyclic) bond motifs is 1. The van der Waals surface area contributed by atoms with E-state index < -0.39 is 0 Å². The molecular formula is C18H17Cl2Zr. The van der Waals surface area contributed by atoms with Crippen LogP contribution in [-0.4, -0.2) is 0 Å². The quantitative estimate of drug-likeness (QED) is 0.509. The first-order chi connectivity index (χ1) is 8.88. The normalized spacial score (nSPS) is 9.38. The smallest absolute Gasteiger partial charge is 1.00 e. The molecule has 1 radical (unpaired) electrons. The number of hydrogen-bond donors (Lipinski definition) is 0. The van der Waals surface area contributed by atoms with Crippen molar-refractivity contribution in [1.82, 2.24) is 0 Å². The summed E-state index contributed by atoms with van der Waals surface area (Å²) in [4.78, 5) is 0. The van der Waals surface area contributed by atoms with Crippen molar-refractivity contribution >= 4 is 10.8 Å². The second-order valence-corrected chi connectivity index (χ2v) is 4.79. The van der Waals surface area contributed by atoms with Crippen LogP contribution >= 0.6 is 0 Å². The Kier molecular flexibility index (Phi) is 9.29. The molecular weight excluding hydrogens is 378 g/mol. The van der Waals surface area contributed by atoms with Crippen LogP contribution in [0, 0.1) is 0 Å². The molecule has 107 valence electrons. The molecule has 0 aliphatic carbocycles. The molecule has 0 unspecified atom stereocenters. The van der Waals surface area contributed by atoms with Crippen LogP contribution in [0.5, 0.6) is 0 Å². The first-order valence-corrected chi connectivity index (χ1v) is 6.62. The molecule has 0 saturated heterocycles. The van der Waals surface area contributed by atoms with E-state index in [1.165, 1.54) is 40.3 Å². The zero-order valence-corrected chi connectivity index (χ0v) is 15.9. The Morgan fingerprint density at radius 2 is 1.62 bits per heavy atom. The van der Waals surface area contributed by atoms with Crippen molar-refractivity contribution in [2.24, 2.45) is 0 Å². The predicted octanol–water partition coefficient (Wildman–Crippen LogP) is -0.816. The van der Waals surface area contributed by atoms with Gasteiger partial charge in [0.05, 0.1) is 0 Å². The van der Waals surface area contributed by atoms with E-state index in [0.29, 0.717) is 0 Å². The second-order valence-electron chi connectivity index (χ2n) is 4.79. The largest absolute Gasteiger partial charge is 3.00 e. The number of aryl methyl sites for hydroxylation is 1. The summed E-state index contributed by atoms with van der Waals surface area (Å²) in [7, 11) is 0. The Morgan fingerprint density at radius 1 is 0.905 bits per heavy atom. The van der Waals surface area contributed by atoms with Crippen molar-refractivity contribution in [3.8, 4) is 11.1 Å². The molecule has 0 N–H and O–H groups in total. The number of hydrogen-bond acceptors (Lipinski definition) is 0. The van der Waals surface area contributed by atoms with Crippen LogP contribution in [0.15, 0.2) is 60.7 Å². The van der Waals surface area contributed by atoms with Gasteiger partial charge in [-0.05, 0) is 12.0 Å². The standard InChI is InChI=1S/C18H17.2ClH.Zr/c1-2-7-14-12-16-10-6-11-17(18(16)13-14)15-8-4-3-5-9-15;;;/h3-6,8-13H,2,7H2,1H3;2*1H;/q-1;;;+3/p-2. The van der Waals surface area contributed by atoms with Crippen molar-refractivity contribution in [3.05, 3.63) is 66.2 Å². The third kappa shape index (κ3) is 4.49. The van der Waals surface area contributed by atoms with Gasteiger partial charge in [0.15, 0.2) is 0 Å². The molecule has 0 nitrogen and oxygen atoms in total. The molecule has 21 heavy (non-hydrogen) atoms. The molecule has 0 aliphatic heterocycles. The summed E-state index contributed by atoms with van der Waals surface area (Å²) in [6.45, 7) is 2.23. The van der Waals surface area contributed by atoms with Gasteiger partial charge in [-0.25, -0.2) is 0 Å². The zero-order valence-electron chi connectivity index (χ0n) is 11.9. The summed E-state index contributed by atoms with van der Waals surface area (Å²) in [6, 6.07) is 21.9. The molecule has 0 aliphatic rings. The fraction of sp³-hybridized carbons (Fsp3) is 0.167. The fourth-order valence-electron chi connectivity index (χ4n) is 2.60. The van der Waals surface area contributed by atoms with E-state index in [0.717, 1.165) is 0 Å². The molecule has 0 spiro atoms. The number of benzene rings is 2. The average molecular weight is 395 g/mol.